The molecule has 0 unspecified atom stereocenters. The summed E-state index contributed by atoms with van der Waals surface area (Å²) in [4.78, 5) is 15.8. The van der Waals surface area contributed by atoms with Gasteiger partial charge in [0, 0.05) is 30.1 Å². The number of ether oxygens (including phenoxy) is 1. The first-order valence-corrected chi connectivity index (χ1v) is 12.8. The molecule has 2 bridgehead atoms. The second-order valence-corrected chi connectivity index (χ2v) is 10.6. The van der Waals surface area contributed by atoms with Gasteiger partial charge in [0.2, 0.25) is 0 Å². The van der Waals surface area contributed by atoms with Crippen molar-refractivity contribution in [3.63, 3.8) is 0 Å². The van der Waals surface area contributed by atoms with Crippen LogP contribution in [0.4, 0.5) is 0 Å². The van der Waals surface area contributed by atoms with E-state index in [2.05, 4.69) is 35.2 Å². The summed E-state index contributed by atoms with van der Waals surface area (Å²) in [5.74, 6) is -0.112. The molecule has 35 heavy (non-hydrogen) atoms. The van der Waals surface area contributed by atoms with Gasteiger partial charge in [0.1, 0.15) is 0 Å². The summed E-state index contributed by atoms with van der Waals surface area (Å²) >= 11 is 12.3. The summed E-state index contributed by atoms with van der Waals surface area (Å²) in [5.41, 5.74) is 3.81. The van der Waals surface area contributed by atoms with Gasteiger partial charge in [0.25, 0.3) is 5.91 Å². The Morgan fingerprint density at radius 3 is 2.57 bits per heavy atom. The maximum atomic E-state index is 13.4. The van der Waals surface area contributed by atoms with Crippen LogP contribution >= 0.6 is 23.2 Å². The highest BCUT2D eigenvalue weighted by molar-refractivity contribution is 6.42. The quantitative estimate of drug-likeness (QED) is 0.444. The van der Waals surface area contributed by atoms with Gasteiger partial charge < -0.3 is 10.1 Å². The van der Waals surface area contributed by atoms with E-state index in [1.165, 1.54) is 5.57 Å². The lowest BCUT2D eigenvalue weighted by molar-refractivity contribution is -0.0843. The Kier molecular flexibility index (Phi) is 7.17. The van der Waals surface area contributed by atoms with Crippen LogP contribution in [0.5, 0.6) is 0 Å². The minimum Gasteiger partial charge on any atom is -0.378 e. The first-order valence-electron chi connectivity index (χ1n) is 12.1. The number of aromatic nitrogens is 2. The topological polar surface area (TPSA) is 59.4 Å². The Balaban J connectivity index is 1.30. The zero-order chi connectivity index (χ0) is 24.5. The third-order valence-electron chi connectivity index (χ3n) is 6.90. The van der Waals surface area contributed by atoms with Gasteiger partial charge in [-0.2, -0.15) is 5.10 Å². The Bertz CT molecular complexity index is 1250. The number of morpholine rings is 1. The summed E-state index contributed by atoms with van der Waals surface area (Å²) in [7, 11) is 0. The predicted molar refractivity (Wildman–Crippen MR) is 140 cm³/mol. The van der Waals surface area contributed by atoms with Crippen LogP contribution in [0.1, 0.15) is 42.7 Å². The Morgan fingerprint density at radius 1 is 1.11 bits per heavy atom. The molecule has 1 aromatic heterocycles. The van der Waals surface area contributed by atoms with Crippen LogP contribution in [0.2, 0.25) is 10.0 Å². The van der Waals surface area contributed by atoms with Crippen LogP contribution in [0.25, 0.3) is 10.9 Å². The number of fused-ring (bicyclic) bond motifs is 3. The molecule has 2 aliphatic rings. The number of allylic oxidation sites excluding steroid dienone is 2. The zero-order valence-electron chi connectivity index (χ0n) is 20.0. The van der Waals surface area contributed by atoms with E-state index in [-0.39, 0.29) is 24.0 Å². The Morgan fingerprint density at radius 2 is 1.86 bits per heavy atom. The lowest BCUT2D eigenvalue weighted by Gasteiger charge is -2.48. The largest absolute Gasteiger partial charge is 0.378 e. The molecule has 2 aromatic carbocycles. The summed E-state index contributed by atoms with van der Waals surface area (Å²) < 4.78 is 7.77. The molecule has 8 heteroatoms. The van der Waals surface area contributed by atoms with Crippen molar-refractivity contribution in [2.24, 2.45) is 0 Å². The molecule has 0 saturated carbocycles. The van der Waals surface area contributed by atoms with Crippen LogP contribution in [0.3, 0.4) is 0 Å². The molecule has 2 aliphatic heterocycles. The van der Waals surface area contributed by atoms with E-state index in [1.54, 1.807) is 0 Å². The van der Waals surface area contributed by atoms with Crippen molar-refractivity contribution < 1.29 is 9.53 Å². The van der Waals surface area contributed by atoms with Gasteiger partial charge in [-0.3, -0.25) is 14.4 Å². The average Bonchev–Trinajstić information content (AvgIpc) is 3.19. The molecule has 184 valence electrons. The minimum absolute atomic E-state index is 0.0770. The standard InChI is InChI=1S/C27H30Cl2N4O2/c1-17(2)9-10-33-25-6-4-3-5-22(25)26(31-33)27(34)30-19-12-20-15-35-16-21(13-19)32(20)14-18-7-8-23(28)24(29)11-18/h3-9,11,19-21H,10,12-16H2,1-2H3,(H,30,34)/t19-,20-,21+. The van der Waals surface area contributed by atoms with E-state index < -0.39 is 0 Å². The smallest absolute Gasteiger partial charge is 0.272 e. The monoisotopic (exact) mass is 512 g/mol. The molecule has 0 aliphatic carbocycles. The number of benzene rings is 2. The maximum Gasteiger partial charge on any atom is 0.272 e. The van der Waals surface area contributed by atoms with Crippen LogP contribution in [0.15, 0.2) is 54.1 Å². The third-order valence-corrected chi connectivity index (χ3v) is 7.64. The predicted octanol–water partition coefficient (Wildman–Crippen LogP) is 5.47. The third kappa shape index (κ3) is 5.26. The van der Waals surface area contributed by atoms with Crippen molar-refractivity contribution in [1.29, 1.82) is 0 Å². The SMILES string of the molecule is CC(C)=CCn1nc(C(=O)N[C@H]2C[C@H]3COC[C@@H](C2)N3Cc2ccc(Cl)c(Cl)c2)c2ccccc21. The Hall–Kier alpha value is -2.38. The van der Waals surface area contributed by atoms with Crippen molar-refractivity contribution in [3.8, 4) is 0 Å². The highest BCUT2D eigenvalue weighted by Crippen LogP contribution is 2.31. The van der Waals surface area contributed by atoms with Crippen LogP contribution in [-0.2, 0) is 17.8 Å². The van der Waals surface area contributed by atoms with Gasteiger partial charge in [0.15, 0.2) is 5.69 Å². The molecular weight excluding hydrogens is 483 g/mol. The summed E-state index contributed by atoms with van der Waals surface area (Å²) in [5, 5.41) is 9.99. The van der Waals surface area contributed by atoms with Crippen molar-refractivity contribution in [3.05, 3.63) is 75.4 Å². The number of para-hydroxylation sites is 1. The van der Waals surface area contributed by atoms with E-state index in [0.717, 1.165) is 35.9 Å². The van der Waals surface area contributed by atoms with Crippen LogP contribution < -0.4 is 5.32 Å². The van der Waals surface area contributed by atoms with Gasteiger partial charge in [-0.1, -0.05) is 59.1 Å². The number of carbonyl (C=O) groups excluding carboxylic acids is 1. The summed E-state index contributed by atoms with van der Waals surface area (Å²) in [6.07, 6.45) is 3.78. The number of halogens is 2. The molecule has 3 heterocycles. The zero-order valence-corrected chi connectivity index (χ0v) is 21.5. The van der Waals surface area contributed by atoms with E-state index in [9.17, 15) is 4.79 Å². The van der Waals surface area contributed by atoms with Crippen LogP contribution in [0, 0.1) is 0 Å². The highest BCUT2D eigenvalue weighted by Gasteiger charge is 2.39. The second-order valence-electron chi connectivity index (χ2n) is 9.74. The van der Waals surface area contributed by atoms with Crippen LogP contribution in [-0.4, -0.2) is 51.9 Å². The van der Waals surface area contributed by atoms with E-state index in [1.807, 2.05) is 47.1 Å². The molecule has 3 aromatic rings. The van der Waals surface area contributed by atoms with Gasteiger partial charge in [-0.15, -0.1) is 0 Å². The number of rotatable bonds is 6. The molecule has 0 radical (unpaired) electrons. The van der Waals surface area contributed by atoms with Crippen molar-refractivity contribution in [2.45, 2.75) is 57.9 Å². The summed E-state index contributed by atoms with van der Waals surface area (Å²) in [6, 6.07) is 14.3. The number of piperidine rings is 1. The summed E-state index contributed by atoms with van der Waals surface area (Å²) in [6.45, 7) is 6.87. The molecule has 5 rings (SSSR count). The van der Waals surface area contributed by atoms with E-state index >= 15 is 0 Å². The Labute approximate surface area is 215 Å². The minimum atomic E-state index is -0.112. The first-order chi connectivity index (χ1) is 16.9. The van der Waals surface area contributed by atoms with E-state index in [4.69, 9.17) is 27.9 Å². The number of nitrogens with zero attached hydrogens (tertiary/aromatic N) is 3. The van der Waals surface area contributed by atoms with Gasteiger partial charge in [-0.05, 0) is 50.5 Å². The van der Waals surface area contributed by atoms with Gasteiger partial charge >= 0.3 is 0 Å². The normalized spacial score (nSPS) is 22.2. The molecule has 2 fully saturated rings. The molecular formula is C27H30Cl2N4O2. The first kappa shape index (κ1) is 24.3. The van der Waals surface area contributed by atoms with E-state index in [0.29, 0.717) is 35.5 Å². The van der Waals surface area contributed by atoms with Crippen molar-refractivity contribution in [2.75, 3.05) is 13.2 Å². The lowest BCUT2D eigenvalue weighted by atomic mass is 9.89. The van der Waals surface area contributed by atoms with Crippen molar-refractivity contribution in [1.82, 2.24) is 20.0 Å². The fourth-order valence-electron chi connectivity index (χ4n) is 5.17. The second kappa shape index (κ2) is 10.3. The number of hydrogen-bond donors (Lipinski definition) is 1. The number of amides is 1. The van der Waals surface area contributed by atoms with Gasteiger partial charge in [0.05, 0.1) is 35.3 Å². The molecule has 3 atom stereocenters. The fourth-order valence-corrected chi connectivity index (χ4v) is 5.49. The maximum absolute atomic E-state index is 13.4. The van der Waals surface area contributed by atoms with Gasteiger partial charge in [-0.25, -0.2) is 0 Å². The fraction of sp³-hybridized carbons (Fsp3) is 0.407. The highest BCUT2D eigenvalue weighted by atomic mass is 35.5. The van der Waals surface area contributed by atoms with Crippen molar-refractivity contribution >= 4 is 40.0 Å². The molecule has 1 amide bonds. The lowest BCUT2D eigenvalue weighted by Crippen LogP contribution is -2.60. The molecule has 6 nitrogen and oxygen atoms in total. The average molecular weight is 513 g/mol. The number of carbonyl (C=O) groups is 1. The molecule has 1 N–H and O–H groups in total. The molecule has 0 spiro atoms. The molecule has 2 saturated heterocycles. The number of hydrogen-bond acceptors (Lipinski definition) is 4. The number of nitrogens with one attached hydrogen (secondary N) is 1.